The van der Waals surface area contributed by atoms with E-state index in [4.69, 9.17) is 0 Å². The molecule has 0 radical (unpaired) electrons. The molecule has 0 unspecified atom stereocenters. The van der Waals surface area contributed by atoms with Crippen molar-refractivity contribution in [1.82, 2.24) is 4.31 Å². The normalized spacial score (nSPS) is 14.9. The van der Waals surface area contributed by atoms with Crippen molar-refractivity contribution in [1.29, 1.82) is 0 Å². The van der Waals surface area contributed by atoms with Crippen molar-refractivity contribution in [3.63, 3.8) is 0 Å². The number of nitrogens with zero attached hydrogens (tertiary/aromatic N) is 1. The van der Waals surface area contributed by atoms with Crippen LogP contribution in [0.3, 0.4) is 0 Å². The topological polar surface area (TPSA) is 95.6 Å². The van der Waals surface area contributed by atoms with E-state index >= 15 is 0 Å². The Hall–Kier alpha value is -2.78. The maximum atomic E-state index is 14.3. The predicted octanol–water partition coefficient (Wildman–Crippen LogP) is 3.60. The molecule has 0 saturated carbocycles. The monoisotopic (exact) mass is 433 g/mol. The first kappa shape index (κ1) is 21.9. The number of anilines is 2. The minimum absolute atomic E-state index is 0.0231. The first-order valence-corrected chi connectivity index (χ1v) is 11.3. The van der Waals surface area contributed by atoms with E-state index in [1.54, 1.807) is 31.2 Å². The van der Waals surface area contributed by atoms with Crippen molar-refractivity contribution in [3.8, 4) is 0 Å². The number of halogens is 1. The van der Waals surface area contributed by atoms with E-state index in [9.17, 15) is 22.4 Å². The molecule has 0 atom stereocenters. The average molecular weight is 434 g/mol. The van der Waals surface area contributed by atoms with E-state index in [2.05, 4.69) is 10.6 Å². The highest BCUT2D eigenvalue weighted by Gasteiger charge is 2.29. The van der Waals surface area contributed by atoms with Gasteiger partial charge in [0.05, 0.1) is 0 Å². The molecule has 2 aromatic rings. The van der Waals surface area contributed by atoms with Crippen LogP contribution in [0.4, 0.5) is 15.8 Å². The van der Waals surface area contributed by atoms with Crippen LogP contribution in [0.1, 0.15) is 43.0 Å². The molecular weight excluding hydrogens is 409 g/mol. The van der Waals surface area contributed by atoms with Crippen LogP contribution in [-0.4, -0.2) is 37.6 Å². The Morgan fingerprint density at radius 1 is 1.00 bits per heavy atom. The summed E-state index contributed by atoms with van der Waals surface area (Å²) in [7, 11) is -4.01. The fourth-order valence-electron chi connectivity index (χ4n) is 3.21. The summed E-state index contributed by atoms with van der Waals surface area (Å²) in [6, 6.07) is 9.86. The van der Waals surface area contributed by atoms with E-state index in [-0.39, 0.29) is 11.5 Å². The number of carbonyl (C=O) groups is 2. The molecule has 160 valence electrons. The van der Waals surface area contributed by atoms with E-state index < -0.39 is 26.6 Å². The van der Waals surface area contributed by atoms with Crippen molar-refractivity contribution in [2.45, 2.75) is 37.5 Å². The van der Waals surface area contributed by atoms with E-state index in [0.717, 1.165) is 31.4 Å². The minimum atomic E-state index is -4.01. The summed E-state index contributed by atoms with van der Waals surface area (Å²) in [4.78, 5) is 23.7. The number of amides is 2. The van der Waals surface area contributed by atoms with Gasteiger partial charge in [-0.1, -0.05) is 19.4 Å². The van der Waals surface area contributed by atoms with Crippen molar-refractivity contribution >= 4 is 33.2 Å². The van der Waals surface area contributed by atoms with Gasteiger partial charge in [0, 0.05) is 36.4 Å². The molecular formula is C21H24FN3O4S. The lowest BCUT2D eigenvalue weighted by Crippen LogP contribution is -2.36. The molecule has 0 aromatic heterocycles. The van der Waals surface area contributed by atoms with Crippen LogP contribution in [0.5, 0.6) is 0 Å². The van der Waals surface area contributed by atoms with Crippen LogP contribution < -0.4 is 10.6 Å². The zero-order valence-corrected chi connectivity index (χ0v) is 17.5. The molecule has 1 aliphatic rings. The Bertz CT molecular complexity index is 1050. The molecule has 0 bridgehead atoms. The highest BCUT2D eigenvalue weighted by Crippen LogP contribution is 2.24. The third-order valence-electron chi connectivity index (χ3n) is 4.85. The number of benzene rings is 2. The molecule has 2 N–H and O–H groups in total. The molecule has 9 heteroatoms. The number of hydrogen-bond donors (Lipinski definition) is 2. The van der Waals surface area contributed by atoms with E-state index in [1.165, 1.54) is 10.4 Å². The summed E-state index contributed by atoms with van der Waals surface area (Å²) in [5.41, 5.74) is 0.959. The van der Waals surface area contributed by atoms with Crippen molar-refractivity contribution in [2.24, 2.45) is 0 Å². The van der Waals surface area contributed by atoms with Gasteiger partial charge in [-0.05, 0) is 49.2 Å². The number of rotatable bonds is 6. The standard InChI is InChI=1S/C21H24FN3O4S/c1-2-20(26)23-16-7-6-8-17(14-16)24-21(27)15-9-10-18(22)19(13-15)30(28,29)25-11-4-3-5-12-25/h6-10,13-14H,2-5,11-12H2,1H3,(H,23,26)(H,24,27). The van der Waals surface area contributed by atoms with Crippen LogP contribution in [-0.2, 0) is 14.8 Å². The Labute approximate surface area is 175 Å². The second-order valence-electron chi connectivity index (χ2n) is 7.05. The van der Waals surface area contributed by atoms with Crippen LogP contribution in [0.2, 0.25) is 0 Å². The first-order chi connectivity index (χ1) is 14.3. The molecule has 1 heterocycles. The quantitative estimate of drug-likeness (QED) is 0.728. The molecule has 0 spiro atoms. The largest absolute Gasteiger partial charge is 0.326 e. The van der Waals surface area contributed by atoms with E-state index in [0.29, 0.717) is 30.9 Å². The highest BCUT2D eigenvalue weighted by molar-refractivity contribution is 7.89. The minimum Gasteiger partial charge on any atom is -0.326 e. The summed E-state index contributed by atoms with van der Waals surface area (Å²) in [5, 5.41) is 5.34. The van der Waals surface area contributed by atoms with Gasteiger partial charge in [0.2, 0.25) is 15.9 Å². The van der Waals surface area contributed by atoms with Gasteiger partial charge in [-0.25, -0.2) is 12.8 Å². The molecule has 7 nitrogen and oxygen atoms in total. The molecule has 0 aliphatic carbocycles. The van der Waals surface area contributed by atoms with Gasteiger partial charge in [-0.2, -0.15) is 4.31 Å². The third kappa shape index (κ3) is 5.03. The fourth-order valence-corrected chi connectivity index (χ4v) is 4.82. The van der Waals surface area contributed by atoms with E-state index in [1.807, 2.05) is 0 Å². The number of nitrogens with one attached hydrogen (secondary N) is 2. The number of piperidine rings is 1. The van der Waals surface area contributed by atoms with Crippen molar-refractivity contribution in [2.75, 3.05) is 23.7 Å². The Morgan fingerprint density at radius 2 is 1.67 bits per heavy atom. The lowest BCUT2D eigenvalue weighted by atomic mass is 10.2. The van der Waals surface area contributed by atoms with Crippen molar-refractivity contribution in [3.05, 3.63) is 53.8 Å². The lowest BCUT2D eigenvalue weighted by Gasteiger charge is -2.26. The first-order valence-electron chi connectivity index (χ1n) is 9.82. The van der Waals surface area contributed by atoms with Gasteiger partial charge in [0.15, 0.2) is 0 Å². The molecule has 1 saturated heterocycles. The molecule has 30 heavy (non-hydrogen) atoms. The van der Waals surface area contributed by atoms with Gasteiger partial charge in [-0.15, -0.1) is 0 Å². The highest BCUT2D eigenvalue weighted by atomic mass is 32.2. The SMILES string of the molecule is CCC(=O)Nc1cccc(NC(=O)c2ccc(F)c(S(=O)(=O)N3CCCCC3)c2)c1. The summed E-state index contributed by atoms with van der Waals surface area (Å²) in [5.74, 6) is -1.63. The molecule has 2 amide bonds. The maximum Gasteiger partial charge on any atom is 0.255 e. The van der Waals surface area contributed by atoms with Crippen LogP contribution >= 0.6 is 0 Å². The van der Waals surface area contributed by atoms with Crippen molar-refractivity contribution < 1.29 is 22.4 Å². The molecule has 1 aliphatic heterocycles. The van der Waals surface area contributed by atoms with Gasteiger partial charge < -0.3 is 10.6 Å². The smallest absolute Gasteiger partial charge is 0.255 e. The number of sulfonamides is 1. The zero-order chi connectivity index (χ0) is 21.7. The summed E-state index contributed by atoms with van der Waals surface area (Å²) >= 11 is 0. The third-order valence-corrected chi connectivity index (χ3v) is 6.77. The van der Waals surface area contributed by atoms with Gasteiger partial charge in [0.25, 0.3) is 5.91 Å². The lowest BCUT2D eigenvalue weighted by molar-refractivity contribution is -0.115. The molecule has 1 fully saturated rings. The summed E-state index contributed by atoms with van der Waals surface area (Å²) < 4.78 is 41.3. The van der Waals surface area contributed by atoms with Gasteiger partial charge in [-0.3, -0.25) is 9.59 Å². The second-order valence-corrected chi connectivity index (χ2v) is 8.95. The zero-order valence-electron chi connectivity index (χ0n) is 16.7. The van der Waals surface area contributed by atoms with Gasteiger partial charge in [0.1, 0.15) is 10.7 Å². The summed E-state index contributed by atoms with van der Waals surface area (Å²) in [6.45, 7) is 2.41. The number of hydrogen-bond acceptors (Lipinski definition) is 4. The predicted molar refractivity (Wildman–Crippen MR) is 112 cm³/mol. The molecule has 2 aromatic carbocycles. The Morgan fingerprint density at radius 3 is 2.33 bits per heavy atom. The van der Waals surface area contributed by atoms with Crippen LogP contribution in [0.25, 0.3) is 0 Å². The van der Waals surface area contributed by atoms with Crippen LogP contribution in [0, 0.1) is 5.82 Å². The van der Waals surface area contributed by atoms with Crippen LogP contribution in [0.15, 0.2) is 47.4 Å². The Balaban J connectivity index is 1.81. The van der Waals surface area contributed by atoms with Gasteiger partial charge >= 0.3 is 0 Å². The summed E-state index contributed by atoms with van der Waals surface area (Å²) in [6.07, 6.45) is 2.72. The fraction of sp³-hybridized carbons (Fsp3) is 0.333. The molecule has 3 rings (SSSR count). The Kier molecular flexibility index (Phi) is 6.84. The second kappa shape index (κ2) is 9.36. The maximum absolute atomic E-state index is 14.3. The number of carbonyl (C=O) groups excluding carboxylic acids is 2. The average Bonchev–Trinajstić information content (AvgIpc) is 2.74.